The molecule has 0 N–H and O–H groups in total. The van der Waals surface area contributed by atoms with E-state index in [1.165, 1.54) is 4.57 Å². The third kappa shape index (κ3) is 2.57. The van der Waals surface area contributed by atoms with Crippen LogP contribution in [-0.2, 0) is 35.2 Å². The zero-order valence-electron chi connectivity index (χ0n) is 17.0. The quantitative estimate of drug-likeness (QED) is 0.484. The van der Waals surface area contributed by atoms with Crippen molar-refractivity contribution >= 4 is 23.8 Å². The topological polar surface area (TPSA) is 101 Å². The molecule has 1 aromatic heterocycles. The summed E-state index contributed by atoms with van der Waals surface area (Å²) in [6.45, 7) is 6.85. The molecule has 0 radical (unpaired) electrons. The maximum atomic E-state index is 13.2. The van der Waals surface area contributed by atoms with Gasteiger partial charge in [0.15, 0.2) is 6.10 Å². The maximum Gasteiger partial charge on any atom is 0.313 e. The second kappa shape index (κ2) is 6.43. The van der Waals surface area contributed by atoms with Gasteiger partial charge in [-0.3, -0.25) is 23.7 Å². The molecule has 1 saturated heterocycles. The lowest BCUT2D eigenvalue weighted by Crippen LogP contribution is -2.59. The molecule has 29 heavy (non-hydrogen) atoms. The minimum atomic E-state index is -1.26. The van der Waals surface area contributed by atoms with Crippen LogP contribution in [0.2, 0.25) is 0 Å². The second-order valence-corrected chi connectivity index (χ2v) is 8.69. The molecule has 156 valence electrons. The van der Waals surface area contributed by atoms with E-state index in [-0.39, 0.29) is 25.5 Å². The van der Waals surface area contributed by atoms with E-state index in [9.17, 15) is 19.2 Å². The number of cyclic esters (lactones) is 2. The highest BCUT2D eigenvalue weighted by molar-refractivity contribution is 5.90. The number of hydrogen-bond donors (Lipinski definition) is 0. The van der Waals surface area contributed by atoms with Crippen LogP contribution in [0.25, 0.3) is 0 Å². The van der Waals surface area contributed by atoms with Gasteiger partial charge in [0.05, 0.1) is 35.5 Å². The highest BCUT2D eigenvalue weighted by Crippen LogP contribution is 2.54. The Labute approximate surface area is 168 Å². The zero-order valence-corrected chi connectivity index (χ0v) is 17.0. The Kier molecular flexibility index (Phi) is 4.36. The van der Waals surface area contributed by atoms with Gasteiger partial charge in [-0.15, -0.1) is 0 Å². The summed E-state index contributed by atoms with van der Waals surface area (Å²) in [5.74, 6) is -2.96. The van der Waals surface area contributed by atoms with Crippen LogP contribution >= 0.6 is 0 Å². The third-order valence-corrected chi connectivity index (χ3v) is 7.45. The van der Waals surface area contributed by atoms with Crippen LogP contribution in [0.1, 0.15) is 62.7 Å². The number of aromatic nitrogens is 1. The summed E-state index contributed by atoms with van der Waals surface area (Å²) < 4.78 is 18.1. The lowest BCUT2D eigenvalue weighted by Gasteiger charge is -2.50. The smallest absolute Gasteiger partial charge is 0.313 e. The normalized spacial score (nSPS) is 37.4. The van der Waals surface area contributed by atoms with Crippen molar-refractivity contribution in [3.63, 3.8) is 0 Å². The molecule has 3 aliphatic rings. The molecular formula is C21H25NO7. The molecule has 8 nitrogen and oxygen atoms in total. The van der Waals surface area contributed by atoms with Crippen molar-refractivity contribution in [2.45, 2.75) is 53.2 Å². The van der Waals surface area contributed by atoms with Crippen molar-refractivity contribution in [1.82, 2.24) is 4.57 Å². The van der Waals surface area contributed by atoms with E-state index in [0.717, 1.165) is 0 Å². The Hall–Kier alpha value is -2.64. The van der Waals surface area contributed by atoms with Crippen molar-refractivity contribution in [2.24, 2.45) is 22.7 Å². The standard InChI is InChI=1S/C21H25NO7/c1-11-12(2)21(4)19(26)27-8-6-20(21,3)18(25)28-10-13-5-7-22-15(23)9-14(16(13)22)29-17(11)24/h5,7,11-12,14H,6,8-10H2,1-4H3. The molecule has 0 aromatic carbocycles. The Morgan fingerprint density at radius 2 is 1.79 bits per heavy atom. The average molecular weight is 403 g/mol. The number of ether oxygens (including phenoxy) is 3. The number of fused-ring (bicyclic) bond motifs is 1. The first-order valence-corrected chi connectivity index (χ1v) is 9.89. The Morgan fingerprint density at radius 3 is 2.52 bits per heavy atom. The summed E-state index contributed by atoms with van der Waals surface area (Å²) >= 11 is 0. The molecule has 4 rings (SSSR count). The largest absolute Gasteiger partial charge is 0.465 e. The fourth-order valence-electron chi connectivity index (χ4n) is 4.88. The lowest BCUT2D eigenvalue weighted by atomic mass is 9.54. The van der Waals surface area contributed by atoms with Crippen molar-refractivity contribution in [2.75, 3.05) is 6.61 Å². The van der Waals surface area contributed by atoms with Crippen LogP contribution in [-0.4, -0.2) is 35.0 Å². The van der Waals surface area contributed by atoms with Gasteiger partial charge in [-0.1, -0.05) is 13.8 Å². The van der Waals surface area contributed by atoms with E-state index in [1.807, 2.05) is 0 Å². The van der Waals surface area contributed by atoms with E-state index in [1.54, 1.807) is 40.0 Å². The predicted octanol–water partition coefficient (Wildman–Crippen LogP) is 2.40. The predicted molar refractivity (Wildman–Crippen MR) is 98.4 cm³/mol. The maximum absolute atomic E-state index is 13.2. The average Bonchev–Trinajstić information content (AvgIpc) is 3.23. The van der Waals surface area contributed by atoms with E-state index >= 15 is 0 Å². The second-order valence-electron chi connectivity index (χ2n) is 8.69. The van der Waals surface area contributed by atoms with Gasteiger partial charge in [-0.2, -0.15) is 0 Å². The molecule has 0 amide bonds. The van der Waals surface area contributed by atoms with E-state index in [0.29, 0.717) is 17.7 Å². The summed E-state index contributed by atoms with van der Waals surface area (Å²) in [4.78, 5) is 51.4. The van der Waals surface area contributed by atoms with E-state index in [2.05, 4.69) is 0 Å². The summed E-state index contributed by atoms with van der Waals surface area (Å²) in [5, 5.41) is 0. The van der Waals surface area contributed by atoms with Crippen LogP contribution in [0.5, 0.6) is 0 Å². The van der Waals surface area contributed by atoms with Crippen molar-refractivity contribution in [3.05, 3.63) is 23.5 Å². The number of rotatable bonds is 0. The summed E-state index contributed by atoms with van der Waals surface area (Å²) in [6, 6.07) is 1.69. The minimum absolute atomic E-state index is 0.0426. The van der Waals surface area contributed by atoms with E-state index < -0.39 is 46.7 Å². The van der Waals surface area contributed by atoms with Gasteiger partial charge in [-0.25, -0.2) is 0 Å². The molecule has 8 heteroatoms. The molecule has 0 bridgehead atoms. The summed E-state index contributed by atoms with van der Waals surface area (Å²) in [6.07, 6.45) is 1.21. The molecular weight excluding hydrogens is 378 g/mol. The first kappa shape index (κ1) is 19.7. The van der Waals surface area contributed by atoms with Crippen molar-refractivity contribution < 1.29 is 33.4 Å². The van der Waals surface area contributed by atoms with Gasteiger partial charge < -0.3 is 14.2 Å². The number of carbonyl (C=O) groups is 4. The van der Waals surface area contributed by atoms with Crippen molar-refractivity contribution in [3.8, 4) is 0 Å². The Morgan fingerprint density at radius 1 is 1.07 bits per heavy atom. The van der Waals surface area contributed by atoms with Gasteiger partial charge in [-0.05, 0) is 32.3 Å². The SMILES string of the molecule is CC1C(=O)OC2CC(=O)n3ccc(c32)COC(=O)C2(C)CCOC(=O)C2(C)C1C. The van der Waals surface area contributed by atoms with Gasteiger partial charge in [0.2, 0.25) is 5.91 Å². The fraction of sp³-hybridized carbons (Fsp3) is 0.619. The lowest BCUT2D eigenvalue weighted by molar-refractivity contribution is -0.201. The first-order chi connectivity index (χ1) is 13.6. The van der Waals surface area contributed by atoms with Crippen LogP contribution in [0.15, 0.2) is 12.3 Å². The van der Waals surface area contributed by atoms with Gasteiger partial charge in [0.1, 0.15) is 6.61 Å². The van der Waals surface area contributed by atoms with Gasteiger partial charge >= 0.3 is 17.9 Å². The molecule has 0 aliphatic carbocycles. The fourth-order valence-corrected chi connectivity index (χ4v) is 4.88. The summed E-state index contributed by atoms with van der Waals surface area (Å²) in [5.41, 5.74) is -1.26. The first-order valence-electron chi connectivity index (χ1n) is 9.89. The molecule has 1 fully saturated rings. The number of nitrogens with zero attached hydrogens (tertiary/aromatic N) is 1. The number of carbonyl (C=O) groups excluding carboxylic acids is 4. The van der Waals surface area contributed by atoms with Crippen LogP contribution < -0.4 is 0 Å². The van der Waals surface area contributed by atoms with Crippen LogP contribution in [0, 0.1) is 22.7 Å². The Balaban J connectivity index is 1.82. The highest BCUT2D eigenvalue weighted by atomic mass is 16.6. The molecule has 5 unspecified atom stereocenters. The minimum Gasteiger partial charge on any atom is -0.465 e. The molecule has 0 spiro atoms. The monoisotopic (exact) mass is 403 g/mol. The molecule has 3 aliphatic heterocycles. The van der Waals surface area contributed by atoms with Crippen molar-refractivity contribution in [1.29, 1.82) is 0 Å². The summed E-state index contributed by atoms with van der Waals surface area (Å²) in [7, 11) is 0. The van der Waals surface area contributed by atoms with Gasteiger partial charge in [0, 0.05) is 11.8 Å². The zero-order chi connectivity index (χ0) is 21.1. The number of hydrogen-bond acceptors (Lipinski definition) is 7. The van der Waals surface area contributed by atoms with Crippen LogP contribution in [0.4, 0.5) is 0 Å². The Bertz CT molecular complexity index is 918. The molecule has 1 aromatic rings. The van der Waals surface area contributed by atoms with Gasteiger partial charge in [0.25, 0.3) is 0 Å². The van der Waals surface area contributed by atoms with Crippen LogP contribution in [0.3, 0.4) is 0 Å². The molecule has 4 heterocycles. The highest BCUT2D eigenvalue weighted by Gasteiger charge is 2.63. The third-order valence-electron chi connectivity index (χ3n) is 7.45. The molecule has 0 saturated carbocycles. The molecule has 5 atom stereocenters. The number of esters is 3. The van der Waals surface area contributed by atoms with E-state index in [4.69, 9.17) is 14.2 Å².